The van der Waals surface area contributed by atoms with Gasteiger partial charge < -0.3 is 10.6 Å². The van der Waals surface area contributed by atoms with Crippen molar-refractivity contribution in [3.8, 4) is 0 Å². The lowest BCUT2D eigenvalue weighted by molar-refractivity contribution is -0.134. The Balaban J connectivity index is 1.64. The molecule has 25 heavy (non-hydrogen) atoms. The Hall–Kier alpha value is -1.66. The zero-order chi connectivity index (χ0) is 17.8. The van der Waals surface area contributed by atoms with Crippen LogP contribution in [-0.2, 0) is 16.1 Å². The van der Waals surface area contributed by atoms with Crippen molar-refractivity contribution in [1.29, 1.82) is 0 Å². The number of hydrogen-bond acceptors (Lipinski definition) is 3. The van der Waals surface area contributed by atoms with Crippen LogP contribution in [0.3, 0.4) is 0 Å². The lowest BCUT2D eigenvalue weighted by atomic mass is 10.1. The largest absolute Gasteiger partial charge is 0.353 e. The lowest BCUT2D eigenvalue weighted by Gasteiger charge is -2.35. The Labute approximate surface area is 151 Å². The third-order valence-electron chi connectivity index (χ3n) is 4.91. The maximum Gasteiger partial charge on any atom is 0.237 e. The highest BCUT2D eigenvalue weighted by Crippen LogP contribution is 2.20. The van der Waals surface area contributed by atoms with E-state index in [0.717, 1.165) is 31.2 Å². The highest BCUT2D eigenvalue weighted by molar-refractivity contribution is 6.30. The molecule has 0 spiro atoms. The third-order valence-corrected chi connectivity index (χ3v) is 5.22. The second kappa shape index (κ2) is 8.15. The molecule has 0 aromatic heterocycles. The monoisotopic (exact) mass is 367 g/mol. The van der Waals surface area contributed by atoms with E-state index in [1.54, 1.807) is 6.07 Å². The summed E-state index contributed by atoms with van der Waals surface area (Å²) in [4.78, 5) is 26.5. The molecule has 0 radical (unpaired) electrons. The van der Waals surface area contributed by atoms with Crippen LogP contribution in [-0.4, -0.2) is 41.9 Å². The van der Waals surface area contributed by atoms with E-state index in [0.29, 0.717) is 19.6 Å². The molecule has 2 fully saturated rings. The molecule has 1 unspecified atom stereocenters. The molecule has 1 saturated carbocycles. The van der Waals surface area contributed by atoms with E-state index in [4.69, 9.17) is 11.6 Å². The highest BCUT2D eigenvalue weighted by Gasteiger charge is 2.32. The van der Waals surface area contributed by atoms with Gasteiger partial charge in [-0.15, -0.1) is 0 Å². The summed E-state index contributed by atoms with van der Waals surface area (Å²) in [5.41, 5.74) is 0.734. The Morgan fingerprint density at radius 2 is 2.12 bits per heavy atom. The maximum atomic E-state index is 13.7. The molecule has 1 atom stereocenters. The third kappa shape index (κ3) is 4.70. The first-order valence-corrected chi connectivity index (χ1v) is 9.16. The van der Waals surface area contributed by atoms with Gasteiger partial charge in [0.2, 0.25) is 11.8 Å². The van der Waals surface area contributed by atoms with Gasteiger partial charge >= 0.3 is 0 Å². The smallest absolute Gasteiger partial charge is 0.237 e. The fourth-order valence-electron chi connectivity index (χ4n) is 3.58. The van der Waals surface area contributed by atoms with E-state index in [1.807, 2.05) is 4.90 Å². The minimum atomic E-state index is -0.533. The summed E-state index contributed by atoms with van der Waals surface area (Å²) in [6.07, 6.45) is 4.43. The van der Waals surface area contributed by atoms with Crippen molar-refractivity contribution in [1.82, 2.24) is 15.5 Å². The highest BCUT2D eigenvalue weighted by atomic mass is 35.5. The first-order chi connectivity index (χ1) is 12.0. The van der Waals surface area contributed by atoms with Gasteiger partial charge in [-0.05, 0) is 30.5 Å². The predicted molar refractivity (Wildman–Crippen MR) is 93.6 cm³/mol. The van der Waals surface area contributed by atoms with Gasteiger partial charge in [-0.3, -0.25) is 14.5 Å². The quantitative estimate of drug-likeness (QED) is 0.839. The molecule has 1 aliphatic heterocycles. The van der Waals surface area contributed by atoms with Crippen molar-refractivity contribution >= 4 is 23.4 Å². The fraction of sp³-hybridized carbons (Fsp3) is 0.556. The van der Waals surface area contributed by atoms with Gasteiger partial charge in [-0.25, -0.2) is 4.39 Å². The van der Waals surface area contributed by atoms with Crippen LogP contribution in [0, 0.1) is 5.82 Å². The number of carbonyl (C=O) groups excluding carboxylic acids is 2. The van der Waals surface area contributed by atoms with Crippen molar-refractivity contribution in [2.24, 2.45) is 0 Å². The number of benzene rings is 1. The molecule has 2 N–H and O–H groups in total. The van der Waals surface area contributed by atoms with Crippen molar-refractivity contribution in [2.75, 3.05) is 13.1 Å². The second-order valence-electron chi connectivity index (χ2n) is 6.78. The summed E-state index contributed by atoms with van der Waals surface area (Å²) in [6.45, 7) is 1.55. The van der Waals surface area contributed by atoms with Crippen LogP contribution in [0.5, 0.6) is 0 Å². The molecule has 7 heteroatoms. The molecule has 5 nitrogen and oxygen atoms in total. The topological polar surface area (TPSA) is 61.4 Å². The van der Waals surface area contributed by atoms with Crippen molar-refractivity contribution in [3.63, 3.8) is 0 Å². The first kappa shape index (κ1) is 18.1. The number of rotatable bonds is 5. The van der Waals surface area contributed by atoms with Crippen LogP contribution in [0.25, 0.3) is 0 Å². The van der Waals surface area contributed by atoms with E-state index >= 15 is 0 Å². The van der Waals surface area contributed by atoms with Gasteiger partial charge in [0, 0.05) is 25.7 Å². The van der Waals surface area contributed by atoms with Crippen LogP contribution >= 0.6 is 11.6 Å². The Kier molecular flexibility index (Phi) is 5.91. The molecule has 1 aromatic carbocycles. The lowest BCUT2D eigenvalue weighted by Crippen LogP contribution is -2.56. The van der Waals surface area contributed by atoms with E-state index in [-0.39, 0.29) is 29.3 Å². The molecule has 1 aromatic rings. The molecule has 136 valence electrons. The summed E-state index contributed by atoms with van der Waals surface area (Å²) >= 11 is 5.72. The number of piperazine rings is 1. The average molecular weight is 368 g/mol. The van der Waals surface area contributed by atoms with Crippen LogP contribution in [0.2, 0.25) is 5.02 Å². The average Bonchev–Trinajstić information content (AvgIpc) is 3.07. The molecule has 1 aliphatic carbocycles. The number of halogens is 2. The standard InChI is InChI=1S/C18H23ClFN3O2/c19-14-6-5-12(9-15(14)20)11-23-8-7-21-18(25)16(23)10-17(24)22-13-3-1-2-4-13/h5-6,9,13,16H,1-4,7-8,10-11H2,(H,21,25)(H,22,24). The van der Waals surface area contributed by atoms with Crippen LogP contribution in [0.15, 0.2) is 18.2 Å². The summed E-state index contributed by atoms with van der Waals surface area (Å²) in [6, 6.07) is 4.34. The molecule has 1 saturated heterocycles. The van der Waals surface area contributed by atoms with Crippen LogP contribution < -0.4 is 10.6 Å². The predicted octanol–water partition coefficient (Wildman–Crippen LogP) is 2.23. The molecule has 2 amide bonds. The van der Waals surface area contributed by atoms with Gasteiger partial charge in [0.1, 0.15) is 5.82 Å². The zero-order valence-electron chi connectivity index (χ0n) is 14.1. The summed E-state index contributed by atoms with van der Waals surface area (Å²) in [5.74, 6) is -0.723. The molecule has 3 rings (SSSR count). The molecule has 0 bridgehead atoms. The minimum absolute atomic E-state index is 0.0765. The summed E-state index contributed by atoms with van der Waals surface area (Å²) < 4.78 is 13.7. The SMILES string of the molecule is O=C(CC1C(=O)NCCN1Cc1ccc(Cl)c(F)c1)NC1CCCC1. The first-order valence-electron chi connectivity index (χ1n) is 8.78. The van der Waals surface area contributed by atoms with Crippen molar-refractivity contribution in [2.45, 2.75) is 50.7 Å². The van der Waals surface area contributed by atoms with Gasteiger partial charge in [-0.1, -0.05) is 30.5 Å². The number of amides is 2. The molecule has 1 heterocycles. The Morgan fingerprint density at radius 1 is 1.36 bits per heavy atom. The summed E-state index contributed by atoms with van der Waals surface area (Å²) in [5, 5.41) is 5.91. The van der Waals surface area contributed by atoms with Crippen molar-refractivity contribution < 1.29 is 14.0 Å². The maximum absolute atomic E-state index is 13.7. The van der Waals surface area contributed by atoms with Gasteiger partial charge in [-0.2, -0.15) is 0 Å². The van der Waals surface area contributed by atoms with Crippen LogP contribution in [0.1, 0.15) is 37.7 Å². The number of nitrogens with zero attached hydrogens (tertiary/aromatic N) is 1. The van der Waals surface area contributed by atoms with E-state index in [1.165, 1.54) is 12.1 Å². The van der Waals surface area contributed by atoms with Crippen LogP contribution in [0.4, 0.5) is 4.39 Å². The van der Waals surface area contributed by atoms with Gasteiger partial charge in [0.05, 0.1) is 17.5 Å². The number of hydrogen-bond donors (Lipinski definition) is 2. The number of carbonyl (C=O) groups is 2. The molecular weight excluding hydrogens is 345 g/mol. The van der Waals surface area contributed by atoms with E-state index < -0.39 is 11.9 Å². The Bertz CT molecular complexity index is 649. The van der Waals surface area contributed by atoms with E-state index in [9.17, 15) is 14.0 Å². The fourth-order valence-corrected chi connectivity index (χ4v) is 3.70. The molecular formula is C18H23ClFN3O2. The van der Waals surface area contributed by atoms with Gasteiger partial charge in [0.25, 0.3) is 0 Å². The second-order valence-corrected chi connectivity index (χ2v) is 7.19. The van der Waals surface area contributed by atoms with E-state index in [2.05, 4.69) is 10.6 Å². The zero-order valence-corrected chi connectivity index (χ0v) is 14.8. The van der Waals surface area contributed by atoms with Crippen molar-refractivity contribution in [3.05, 3.63) is 34.6 Å². The Morgan fingerprint density at radius 3 is 2.84 bits per heavy atom. The molecule has 2 aliphatic rings. The number of nitrogens with one attached hydrogen (secondary N) is 2. The normalized spacial score (nSPS) is 22.0. The van der Waals surface area contributed by atoms with Gasteiger partial charge in [0.15, 0.2) is 0 Å². The minimum Gasteiger partial charge on any atom is -0.353 e. The summed E-state index contributed by atoms with van der Waals surface area (Å²) in [7, 11) is 0.